The molecule has 3 rings (SSSR count). The molecule has 0 unspecified atom stereocenters. The summed E-state index contributed by atoms with van der Waals surface area (Å²) in [5.41, 5.74) is 9.85. The van der Waals surface area contributed by atoms with E-state index in [2.05, 4.69) is 17.3 Å². The van der Waals surface area contributed by atoms with Crippen molar-refractivity contribution in [3.63, 3.8) is 0 Å². The van der Waals surface area contributed by atoms with Gasteiger partial charge in [-0.05, 0) is 31.2 Å². The number of nitrogens with one attached hydrogen (secondary N) is 1. The monoisotopic (exact) mass is 238 g/mol. The molecule has 90 valence electrons. The Kier molecular flexibility index (Phi) is 2.41. The van der Waals surface area contributed by atoms with Crippen molar-refractivity contribution in [1.29, 1.82) is 0 Å². The second kappa shape index (κ2) is 4.07. The quantitative estimate of drug-likeness (QED) is 0.721. The maximum atomic E-state index is 6.07. The number of benzene rings is 1. The molecule has 3 aromatic rings. The van der Waals surface area contributed by atoms with Gasteiger partial charge < -0.3 is 11.1 Å². The fraction of sp³-hybridized carbons (Fsp3) is 0.0714. The van der Waals surface area contributed by atoms with E-state index in [-0.39, 0.29) is 0 Å². The van der Waals surface area contributed by atoms with E-state index in [9.17, 15) is 0 Å². The normalized spacial score (nSPS) is 10.7. The molecule has 0 saturated heterocycles. The number of nitrogen functional groups attached to an aromatic ring is 1. The molecule has 2 aromatic heterocycles. The Morgan fingerprint density at radius 3 is 2.61 bits per heavy atom. The van der Waals surface area contributed by atoms with Gasteiger partial charge in [-0.15, -0.1) is 5.10 Å². The van der Waals surface area contributed by atoms with Crippen molar-refractivity contribution >= 4 is 22.7 Å². The van der Waals surface area contributed by atoms with Crippen LogP contribution < -0.4 is 11.1 Å². The first-order valence-corrected chi connectivity index (χ1v) is 5.80. The van der Waals surface area contributed by atoms with Gasteiger partial charge in [0.25, 0.3) is 0 Å². The van der Waals surface area contributed by atoms with E-state index in [1.807, 2.05) is 48.7 Å². The van der Waals surface area contributed by atoms with Crippen LogP contribution >= 0.6 is 0 Å². The van der Waals surface area contributed by atoms with Gasteiger partial charge in [0.15, 0.2) is 5.82 Å². The van der Waals surface area contributed by atoms with Crippen LogP contribution in [0.25, 0.3) is 5.52 Å². The Morgan fingerprint density at radius 1 is 1.11 bits per heavy atom. The van der Waals surface area contributed by atoms with Crippen molar-refractivity contribution in [2.75, 3.05) is 11.1 Å². The predicted octanol–water partition coefficient (Wildman–Crippen LogP) is 2.97. The molecule has 1 aromatic carbocycles. The lowest BCUT2D eigenvalue weighted by molar-refractivity contribution is 0.965. The van der Waals surface area contributed by atoms with E-state index in [4.69, 9.17) is 5.73 Å². The van der Waals surface area contributed by atoms with Crippen molar-refractivity contribution in [3.05, 3.63) is 54.2 Å². The number of pyridine rings is 1. The summed E-state index contributed by atoms with van der Waals surface area (Å²) in [6, 6.07) is 13.9. The molecule has 0 atom stereocenters. The van der Waals surface area contributed by atoms with Gasteiger partial charge in [0.1, 0.15) is 5.69 Å². The molecule has 0 saturated carbocycles. The molecule has 0 aliphatic rings. The first-order chi connectivity index (χ1) is 8.74. The number of hydrogen-bond acceptors (Lipinski definition) is 3. The number of aryl methyl sites for hydroxylation is 1. The lowest BCUT2D eigenvalue weighted by Crippen LogP contribution is -1.94. The zero-order valence-corrected chi connectivity index (χ0v) is 10.1. The smallest absolute Gasteiger partial charge is 0.176 e. The second-order valence-corrected chi connectivity index (χ2v) is 4.28. The SMILES string of the molecule is Cc1ccc(Nc2nn3ccccc3c2N)cc1. The molecular formula is C14H14N4. The summed E-state index contributed by atoms with van der Waals surface area (Å²) in [6.07, 6.45) is 1.88. The van der Waals surface area contributed by atoms with Crippen molar-refractivity contribution in [1.82, 2.24) is 9.61 Å². The zero-order chi connectivity index (χ0) is 12.5. The fourth-order valence-corrected chi connectivity index (χ4v) is 1.88. The minimum absolute atomic E-state index is 0.663. The summed E-state index contributed by atoms with van der Waals surface area (Å²) in [5.74, 6) is 0.685. The maximum Gasteiger partial charge on any atom is 0.176 e. The number of rotatable bonds is 2. The molecule has 4 nitrogen and oxygen atoms in total. The van der Waals surface area contributed by atoms with Crippen LogP contribution in [-0.2, 0) is 0 Å². The van der Waals surface area contributed by atoms with Gasteiger partial charge in [-0.2, -0.15) is 0 Å². The van der Waals surface area contributed by atoms with Crippen LogP contribution in [0.3, 0.4) is 0 Å². The summed E-state index contributed by atoms with van der Waals surface area (Å²) < 4.78 is 1.77. The minimum atomic E-state index is 0.663. The second-order valence-electron chi connectivity index (χ2n) is 4.28. The molecule has 0 spiro atoms. The molecule has 0 amide bonds. The molecule has 0 radical (unpaired) electrons. The third-order valence-corrected chi connectivity index (χ3v) is 2.89. The number of nitrogens with zero attached hydrogens (tertiary/aromatic N) is 2. The summed E-state index contributed by atoms with van der Waals surface area (Å²) in [4.78, 5) is 0. The highest BCUT2D eigenvalue weighted by molar-refractivity contribution is 5.83. The topological polar surface area (TPSA) is 55.4 Å². The predicted molar refractivity (Wildman–Crippen MR) is 74.1 cm³/mol. The Bertz CT molecular complexity index is 683. The lowest BCUT2D eigenvalue weighted by atomic mass is 10.2. The number of fused-ring (bicyclic) bond motifs is 1. The van der Waals surface area contributed by atoms with Crippen LogP contribution in [0.2, 0.25) is 0 Å². The summed E-state index contributed by atoms with van der Waals surface area (Å²) in [7, 11) is 0. The Hall–Kier alpha value is -2.49. The van der Waals surface area contributed by atoms with Gasteiger partial charge in [0.2, 0.25) is 0 Å². The van der Waals surface area contributed by atoms with E-state index >= 15 is 0 Å². The molecule has 2 heterocycles. The van der Waals surface area contributed by atoms with E-state index in [0.717, 1.165) is 11.2 Å². The van der Waals surface area contributed by atoms with Crippen molar-refractivity contribution < 1.29 is 0 Å². The molecule has 3 N–H and O–H groups in total. The first kappa shape index (κ1) is 10.7. The van der Waals surface area contributed by atoms with Crippen LogP contribution in [0.4, 0.5) is 17.2 Å². The lowest BCUT2D eigenvalue weighted by Gasteiger charge is -2.03. The molecule has 4 heteroatoms. The van der Waals surface area contributed by atoms with Crippen LogP contribution in [-0.4, -0.2) is 9.61 Å². The van der Waals surface area contributed by atoms with Crippen molar-refractivity contribution in [2.45, 2.75) is 6.92 Å². The molecule has 0 bridgehead atoms. The maximum absolute atomic E-state index is 6.07. The molecule has 0 fully saturated rings. The van der Waals surface area contributed by atoms with Gasteiger partial charge in [0, 0.05) is 11.9 Å². The van der Waals surface area contributed by atoms with Gasteiger partial charge in [-0.25, -0.2) is 4.52 Å². The Labute approximate surface area is 105 Å². The van der Waals surface area contributed by atoms with E-state index in [0.29, 0.717) is 11.5 Å². The van der Waals surface area contributed by atoms with Crippen LogP contribution in [0.15, 0.2) is 48.7 Å². The van der Waals surface area contributed by atoms with Crippen LogP contribution in [0.5, 0.6) is 0 Å². The van der Waals surface area contributed by atoms with Gasteiger partial charge in [-0.3, -0.25) is 0 Å². The third kappa shape index (κ3) is 1.78. The molecule has 0 aliphatic heterocycles. The molecule has 0 aliphatic carbocycles. The van der Waals surface area contributed by atoms with Crippen molar-refractivity contribution in [3.8, 4) is 0 Å². The summed E-state index contributed by atoms with van der Waals surface area (Å²) in [5, 5.41) is 7.64. The average molecular weight is 238 g/mol. The van der Waals surface area contributed by atoms with E-state index in [1.54, 1.807) is 4.52 Å². The van der Waals surface area contributed by atoms with Crippen molar-refractivity contribution in [2.24, 2.45) is 0 Å². The fourth-order valence-electron chi connectivity index (χ4n) is 1.88. The van der Waals surface area contributed by atoms with E-state index in [1.165, 1.54) is 5.56 Å². The Morgan fingerprint density at radius 2 is 1.89 bits per heavy atom. The highest BCUT2D eigenvalue weighted by atomic mass is 15.3. The van der Waals surface area contributed by atoms with Gasteiger partial charge in [-0.1, -0.05) is 23.8 Å². The largest absolute Gasteiger partial charge is 0.394 e. The first-order valence-electron chi connectivity index (χ1n) is 5.80. The van der Waals surface area contributed by atoms with Crippen LogP contribution in [0.1, 0.15) is 5.56 Å². The number of aromatic nitrogens is 2. The zero-order valence-electron chi connectivity index (χ0n) is 10.1. The summed E-state index contributed by atoms with van der Waals surface area (Å²) in [6.45, 7) is 2.06. The summed E-state index contributed by atoms with van der Waals surface area (Å²) >= 11 is 0. The number of hydrogen-bond donors (Lipinski definition) is 2. The van der Waals surface area contributed by atoms with E-state index < -0.39 is 0 Å². The number of anilines is 3. The molecule has 18 heavy (non-hydrogen) atoms. The molecular weight excluding hydrogens is 224 g/mol. The third-order valence-electron chi connectivity index (χ3n) is 2.89. The highest BCUT2D eigenvalue weighted by Gasteiger charge is 2.08. The average Bonchev–Trinajstić information content (AvgIpc) is 2.70. The Balaban J connectivity index is 1.99. The standard InChI is InChI=1S/C14H14N4/c1-10-5-7-11(8-6-10)16-14-13(15)12-4-2-3-9-18(12)17-14/h2-9H,15H2,1H3,(H,16,17). The number of nitrogens with two attached hydrogens (primary N) is 1. The highest BCUT2D eigenvalue weighted by Crippen LogP contribution is 2.25. The minimum Gasteiger partial charge on any atom is -0.394 e. The van der Waals surface area contributed by atoms with Gasteiger partial charge >= 0.3 is 0 Å². The van der Waals surface area contributed by atoms with Gasteiger partial charge in [0.05, 0.1) is 5.52 Å². The van der Waals surface area contributed by atoms with Crippen LogP contribution in [0, 0.1) is 6.92 Å².